The number of carbonyl (C=O) groups excluding carboxylic acids is 1. The van der Waals surface area contributed by atoms with E-state index in [0.29, 0.717) is 43.3 Å². The van der Waals surface area contributed by atoms with Gasteiger partial charge in [-0.3, -0.25) is 4.79 Å². The van der Waals surface area contributed by atoms with Gasteiger partial charge in [-0.25, -0.2) is 4.98 Å². The first-order chi connectivity index (χ1) is 15.8. The van der Waals surface area contributed by atoms with E-state index in [-0.39, 0.29) is 5.91 Å². The fraction of sp³-hybridized carbons (Fsp3) is 0.250. The lowest BCUT2D eigenvalue weighted by molar-refractivity contribution is -0.127. The largest absolute Gasteiger partial charge is 0.364 e. The first kappa shape index (κ1) is 20.0. The Balaban J connectivity index is 1.44. The topological polar surface area (TPSA) is 88.0 Å². The third kappa shape index (κ3) is 4.39. The summed E-state index contributed by atoms with van der Waals surface area (Å²) in [5.74, 6) is 1.40. The molecular weight excluding hydrogens is 402 g/mol. The van der Waals surface area contributed by atoms with Gasteiger partial charge in [0.2, 0.25) is 11.9 Å². The minimum atomic E-state index is 0.223. The van der Waals surface area contributed by atoms with E-state index in [1.165, 1.54) is 0 Å². The zero-order chi connectivity index (χ0) is 21.8. The molecule has 0 spiro atoms. The summed E-state index contributed by atoms with van der Waals surface area (Å²) in [4.78, 5) is 27.9. The molecule has 8 nitrogen and oxygen atoms in total. The zero-order valence-corrected chi connectivity index (χ0v) is 17.7. The van der Waals surface area contributed by atoms with Gasteiger partial charge < -0.3 is 20.1 Å². The molecule has 1 saturated heterocycles. The Hall–Kier alpha value is -3.94. The van der Waals surface area contributed by atoms with Gasteiger partial charge in [0.25, 0.3) is 0 Å². The first-order valence-electron chi connectivity index (χ1n) is 10.9. The van der Waals surface area contributed by atoms with Crippen molar-refractivity contribution in [1.29, 1.82) is 0 Å². The van der Waals surface area contributed by atoms with Crippen LogP contribution in [-0.2, 0) is 17.9 Å². The SMILES string of the molecule is O=C1CCCN1CCn1cnc2c(NCc3ccccc3)nc(Nc3ccccc3)nc21. The number of hydrogen-bond acceptors (Lipinski definition) is 6. The summed E-state index contributed by atoms with van der Waals surface area (Å²) >= 11 is 0. The number of imidazole rings is 1. The highest BCUT2D eigenvalue weighted by atomic mass is 16.2. The lowest BCUT2D eigenvalue weighted by atomic mass is 10.2. The maximum Gasteiger partial charge on any atom is 0.231 e. The molecule has 8 heteroatoms. The van der Waals surface area contributed by atoms with Gasteiger partial charge in [0, 0.05) is 38.3 Å². The fourth-order valence-electron chi connectivity index (χ4n) is 3.89. The molecule has 4 aromatic rings. The molecule has 1 amide bonds. The quantitative estimate of drug-likeness (QED) is 0.445. The molecule has 0 radical (unpaired) electrons. The van der Waals surface area contributed by atoms with E-state index in [9.17, 15) is 4.79 Å². The van der Waals surface area contributed by atoms with E-state index in [1.807, 2.05) is 58.0 Å². The van der Waals surface area contributed by atoms with E-state index in [4.69, 9.17) is 9.97 Å². The van der Waals surface area contributed by atoms with Crippen molar-refractivity contribution >= 4 is 34.5 Å². The molecular formula is C24H25N7O. The van der Waals surface area contributed by atoms with Crippen molar-refractivity contribution in [3.63, 3.8) is 0 Å². The van der Waals surface area contributed by atoms with Crippen molar-refractivity contribution in [3.8, 4) is 0 Å². The molecule has 32 heavy (non-hydrogen) atoms. The van der Waals surface area contributed by atoms with Crippen LogP contribution in [0.4, 0.5) is 17.5 Å². The number of anilines is 3. The van der Waals surface area contributed by atoms with E-state index in [2.05, 4.69) is 27.8 Å². The zero-order valence-electron chi connectivity index (χ0n) is 17.7. The second kappa shape index (κ2) is 9.05. The molecule has 1 aliphatic rings. The van der Waals surface area contributed by atoms with Crippen LogP contribution in [-0.4, -0.2) is 43.4 Å². The van der Waals surface area contributed by atoms with Crippen LogP contribution in [0.1, 0.15) is 18.4 Å². The highest BCUT2D eigenvalue weighted by Crippen LogP contribution is 2.23. The number of carbonyl (C=O) groups is 1. The summed E-state index contributed by atoms with van der Waals surface area (Å²) < 4.78 is 1.99. The summed E-state index contributed by atoms with van der Waals surface area (Å²) in [5.41, 5.74) is 3.52. The second-order valence-electron chi connectivity index (χ2n) is 7.82. The number of fused-ring (bicyclic) bond motifs is 1. The Bertz CT molecular complexity index is 1210. The average molecular weight is 428 g/mol. The van der Waals surface area contributed by atoms with Gasteiger partial charge in [-0.05, 0) is 24.1 Å². The Labute approximate surface area is 186 Å². The van der Waals surface area contributed by atoms with Crippen molar-refractivity contribution < 1.29 is 4.79 Å². The van der Waals surface area contributed by atoms with E-state index in [1.54, 1.807) is 6.33 Å². The number of aromatic nitrogens is 4. The van der Waals surface area contributed by atoms with Gasteiger partial charge in [-0.2, -0.15) is 9.97 Å². The van der Waals surface area contributed by atoms with Gasteiger partial charge in [0.1, 0.15) is 0 Å². The maximum absolute atomic E-state index is 12.0. The Morgan fingerprint density at radius 1 is 0.938 bits per heavy atom. The van der Waals surface area contributed by atoms with Crippen LogP contribution in [0, 0.1) is 0 Å². The number of nitrogens with zero attached hydrogens (tertiary/aromatic N) is 5. The van der Waals surface area contributed by atoms with Crippen molar-refractivity contribution in [2.75, 3.05) is 23.7 Å². The smallest absolute Gasteiger partial charge is 0.231 e. The molecule has 2 aromatic carbocycles. The monoisotopic (exact) mass is 427 g/mol. The Morgan fingerprint density at radius 2 is 1.72 bits per heavy atom. The first-order valence-corrected chi connectivity index (χ1v) is 10.9. The summed E-state index contributed by atoms with van der Waals surface area (Å²) in [6.45, 7) is 2.75. The van der Waals surface area contributed by atoms with Crippen molar-refractivity contribution in [1.82, 2.24) is 24.4 Å². The highest BCUT2D eigenvalue weighted by Gasteiger charge is 2.20. The van der Waals surface area contributed by atoms with E-state index in [0.717, 1.165) is 29.9 Å². The molecule has 0 atom stereocenters. The molecule has 1 fully saturated rings. The van der Waals surface area contributed by atoms with Gasteiger partial charge in [0.15, 0.2) is 17.0 Å². The number of hydrogen-bond donors (Lipinski definition) is 2. The molecule has 2 N–H and O–H groups in total. The van der Waals surface area contributed by atoms with Crippen LogP contribution in [0.3, 0.4) is 0 Å². The van der Waals surface area contributed by atoms with Gasteiger partial charge in [0.05, 0.1) is 6.33 Å². The minimum Gasteiger partial charge on any atom is -0.364 e. The summed E-state index contributed by atoms with van der Waals surface area (Å²) in [5, 5.41) is 6.70. The third-order valence-corrected chi connectivity index (χ3v) is 5.58. The predicted octanol–water partition coefficient (Wildman–Crippen LogP) is 3.80. The molecule has 0 aliphatic carbocycles. The fourth-order valence-corrected chi connectivity index (χ4v) is 3.89. The van der Waals surface area contributed by atoms with Crippen LogP contribution in [0.5, 0.6) is 0 Å². The highest BCUT2D eigenvalue weighted by molar-refractivity contribution is 5.84. The van der Waals surface area contributed by atoms with Crippen molar-refractivity contribution in [3.05, 3.63) is 72.6 Å². The Kier molecular flexibility index (Phi) is 5.65. The number of amides is 1. The molecule has 0 saturated carbocycles. The number of rotatable bonds is 8. The van der Waals surface area contributed by atoms with Crippen LogP contribution in [0.25, 0.3) is 11.2 Å². The summed E-state index contributed by atoms with van der Waals surface area (Å²) in [7, 11) is 0. The van der Waals surface area contributed by atoms with Gasteiger partial charge >= 0.3 is 0 Å². The number of likely N-dealkylation sites (tertiary alicyclic amines) is 1. The number of para-hydroxylation sites is 1. The van der Waals surface area contributed by atoms with Crippen LogP contribution >= 0.6 is 0 Å². The average Bonchev–Trinajstić information content (AvgIpc) is 3.43. The number of nitrogens with one attached hydrogen (secondary N) is 2. The lowest BCUT2D eigenvalue weighted by Crippen LogP contribution is -2.28. The molecule has 0 unspecified atom stereocenters. The maximum atomic E-state index is 12.0. The minimum absolute atomic E-state index is 0.223. The summed E-state index contributed by atoms with van der Waals surface area (Å²) in [6.07, 6.45) is 3.36. The van der Waals surface area contributed by atoms with Crippen molar-refractivity contribution in [2.24, 2.45) is 0 Å². The normalized spacial score (nSPS) is 13.6. The molecule has 2 aromatic heterocycles. The number of benzene rings is 2. The second-order valence-corrected chi connectivity index (χ2v) is 7.82. The molecule has 0 bridgehead atoms. The standard InChI is InChI=1S/C24H25N7O/c32-20-12-7-13-30(20)14-15-31-17-26-21-22(25-16-18-8-3-1-4-9-18)28-24(29-23(21)31)27-19-10-5-2-6-11-19/h1-6,8-11,17H,7,12-16H2,(H2,25,27,28,29). The van der Waals surface area contributed by atoms with E-state index >= 15 is 0 Å². The van der Waals surface area contributed by atoms with Crippen LogP contribution in [0.15, 0.2) is 67.0 Å². The van der Waals surface area contributed by atoms with Crippen molar-refractivity contribution in [2.45, 2.75) is 25.9 Å². The molecule has 3 heterocycles. The van der Waals surface area contributed by atoms with Crippen LogP contribution in [0.2, 0.25) is 0 Å². The molecule has 162 valence electrons. The predicted molar refractivity (Wildman–Crippen MR) is 125 cm³/mol. The van der Waals surface area contributed by atoms with Crippen LogP contribution < -0.4 is 10.6 Å². The summed E-state index contributed by atoms with van der Waals surface area (Å²) in [6, 6.07) is 20.0. The Morgan fingerprint density at radius 3 is 2.47 bits per heavy atom. The van der Waals surface area contributed by atoms with Gasteiger partial charge in [-0.1, -0.05) is 48.5 Å². The molecule has 5 rings (SSSR count). The lowest BCUT2D eigenvalue weighted by Gasteiger charge is -2.16. The van der Waals surface area contributed by atoms with Gasteiger partial charge in [-0.15, -0.1) is 0 Å². The van der Waals surface area contributed by atoms with E-state index < -0.39 is 0 Å². The third-order valence-electron chi connectivity index (χ3n) is 5.58. The molecule has 1 aliphatic heterocycles.